The minimum atomic E-state index is -0.366. The number of halogens is 2. The molecule has 0 radical (unpaired) electrons. The van der Waals surface area contributed by atoms with E-state index in [1.54, 1.807) is 0 Å². The number of aliphatic hydroxyl groups excluding tert-OH is 1. The first-order valence-corrected chi connectivity index (χ1v) is 8.81. The maximum absolute atomic E-state index is 9.43. The molecule has 6 heteroatoms. The Bertz CT molecular complexity index is 675. The largest absolute Gasteiger partial charge is 0.490 e. The molecular formula is C20H27Cl2NO3. The molecule has 2 rings (SSSR count). The molecular weight excluding hydrogens is 373 g/mol. The summed E-state index contributed by atoms with van der Waals surface area (Å²) in [6, 6.07) is 13.4. The highest BCUT2D eigenvalue weighted by molar-refractivity contribution is 6.30. The summed E-state index contributed by atoms with van der Waals surface area (Å²) in [5.74, 6) is 1.44. The number of para-hydroxylation sites is 1. The van der Waals surface area contributed by atoms with Crippen LogP contribution in [0.2, 0.25) is 5.02 Å². The molecule has 4 nitrogen and oxygen atoms in total. The fourth-order valence-corrected chi connectivity index (χ4v) is 2.39. The number of hydrogen-bond acceptors (Lipinski definition) is 4. The van der Waals surface area contributed by atoms with E-state index in [0.29, 0.717) is 24.8 Å². The van der Waals surface area contributed by atoms with Crippen molar-refractivity contribution in [2.24, 2.45) is 0 Å². The Kier molecular flexibility index (Phi) is 9.23. The average molecular weight is 400 g/mol. The summed E-state index contributed by atoms with van der Waals surface area (Å²) in [6.07, 6.45) is 0. The Hall–Kier alpha value is -1.46. The highest BCUT2D eigenvalue weighted by Gasteiger charge is 2.18. The van der Waals surface area contributed by atoms with Crippen LogP contribution < -0.4 is 14.8 Å². The number of rotatable bonds is 9. The van der Waals surface area contributed by atoms with Crippen LogP contribution in [-0.4, -0.2) is 23.9 Å². The number of benzene rings is 2. The first-order chi connectivity index (χ1) is 11.9. The van der Waals surface area contributed by atoms with E-state index in [4.69, 9.17) is 21.1 Å². The normalized spacial score (nSPS) is 11.0. The van der Waals surface area contributed by atoms with Gasteiger partial charge in [-0.25, -0.2) is 0 Å². The maximum atomic E-state index is 9.43. The van der Waals surface area contributed by atoms with Gasteiger partial charge in [0.05, 0.1) is 13.2 Å². The van der Waals surface area contributed by atoms with Gasteiger partial charge in [-0.3, -0.25) is 0 Å². The minimum Gasteiger partial charge on any atom is -0.490 e. The average Bonchev–Trinajstić information content (AvgIpc) is 2.61. The van der Waals surface area contributed by atoms with Gasteiger partial charge in [-0.1, -0.05) is 35.9 Å². The second-order valence-electron chi connectivity index (χ2n) is 6.49. The van der Waals surface area contributed by atoms with Crippen LogP contribution in [0.15, 0.2) is 42.5 Å². The molecule has 0 aliphatic heterocycles. The van der Waals surface area contributed by atoms with Crippen LogP contribution in [0, 0.1) is 0 Å². The first kappa shape index (κ1) is 22.6. The number of ether oxygens (including phenoxy) is 2. The molecule has 0 aliphatic rings. The highest BCUT2D eigenvalue weighted by atomic mass is 35.5. The van der Waals surface area contributed by atoms with Crippen molar-refractivity contribution >= 4 is 24.0 Å². The number of aliphatic hydroxyl groups is 1. The van der Waals surface area contributed by atoms with Gasteiger partial charge in [0.25, 0.3) is 0 Å². The molecule has 2 aromatic carbocycles. The predicted molar refractivity (Wildman–Crippen MR) is 109 cm³/mol. The maximum Gasteiger partial charge on any atom is 0.166 e. The number of nitrogens with one attached hydrogen (secondary N) is 1. The number of hydrogen-bond donors (Lipinski definition) is 2. The second kappa shape index (κ2) is 10.6. The zero-order valence-corrected chi connectivity index (χ0v) is 17.0. The lowest BCUT2D eigenvalue weighted by Gasteiger charge is -2.25. The third-order valence-corrected chi connectivity index (χ3v) is 4.06. The van der Waals surface area contributed by atoms with Crippen LogP contribution in [0.4, 0.5) is 0 Å². The molecule has 0 fully saturated rings. The molecule has 0 saturated carbocycles. The molecule has 0 amide bonds. The van der Waals surface area contributed by atoms with Crippen LogP contribution in [-0.2, 0) is 13.2 Å². The van der Waals surface area contributed by atoms with E-state index in [2.05, 4.69) is 5.32 Å². The SMILES string of the molecule is CCOc1cccc(CNC(C)(C)CO)c1OCc1ccc(Cl)cc1.Cl. The van der Waals surface area contributed by atoms with E-state index < -0.39 is 0 Å². The Morgan fingerprint density at radius 2 is 1.77 bits per heavy atom. The predicted octanol–water partition coefficient (Wildman–Crippen LogP) is 4.60. The van der Waals surface area contributed by atoms with Gasteiger partial charge in [0.1, 0.15) is 6.61 Å². The lowest BCUT2D eigenvalue weighted by atomic mass is 10.1. The fourth-order valence-electron chi connectivity index (χ4n) is 2.26. The zero-order chi connectivity index (χ0) is 18.3. The first-order valence-electron chi connectivity index (χ1n) is 8.43. The van der Waals surface area contributed by atoms with E-state index in [1.165, 1.54) is 0 Å². The molecule has 26 heavy (non-hydrogen) atoms. The van der Waals surface area contributed by atoms with Gasteiger partial charge in [-0.2, -0.15) is 0 Å². The Morgan fingerprint density at radius 1 is 1.08 bits per heavy atom. The van der Waals surface area contributed by atoms with Crippen molar-refractivity contribution in [2.75, 3.05) is 13.2 Å². The Labute approximate surface area is 166 Å². The lowest BCUT2D eigenvalue weighted by molar-refractivity contribution is 0.186. The molecule has 2 N–H and O–H groups in total. The molecule has 0 bridgehead atoms. The van der Waals surface area contributed by atoms with Gasteiger partial charge in [0, 0.05) is 22.7 Å². The van der Waals surface area contributed by atoms with E-state index in [-0.39, 0.29) is 24.6 Å². The summed E-state index contributed by atoms with van der Waals surface area (Å²) < 4.78 is 11.8. The van der Waals surface area contributed by atoms with Crippen LogP contribution in [0.1, 0.15) is 31.9 Å². The summed E-state index contributed by atoms with van der Waals surface area (Å²) in [5, 5.41) is 13.5. The lowest BCUT2D eigenvalue weighted by Crippen LogP contribution is -2.42. The molecule has 0 spiro atoms. The van der Waals surface area contributed by atoms with E-state index in [1.807, 2.05) is 63.2 Å². The summed E-state index contributed by atoms with van der Waals surface area (Å²) in [7, 11) is 0. The van der Waals surface area contributed by atoms with Gasteiger partial charge < -0.3 is 19.9 Å². The van der Waals surface area contributed by atoms with Gasteiger partial charge in [0.2, 0.25) is 0 Å². The van der Waals surface area contributed by atoms with Crippen molar-refractivity contribution in [2.45, 2.75) is 39.5 Å². The zero-order valence-electron chi connectivity index (χ0n) is 15.4. The third kappa shape index (κ3) is 6.69. The quantitative estimate of drug-likeness (QED) is 0.646. The van der Waals surface area contributed by atoms with E-state index >= 15 is 0 Å². The standard InChI is InChI=1S/C20H26ClNO3.ClH/c1-4-24-18-7-5-6-16(12-22-20(2,3)14-23)19(18)25-13-15-8-10-17(21)11-9-15;/h5-11,22-23H,4,12-14H2,1-3H3;1H. The van der Waals surface area contributed by atoms with Crippen LogP contribution in [0.3, 0.4) is 0 Å². The summed E-state index contributed by atoms with van der Waals surface area (Å²) in [6.45, 7) is 7.47. The van der Waals surface area contributed by atoms with Gasteiger partial charge in [-0.15, -0.1) is 12.4 Å². The summed E-state index contributed by atoms with van der Waals surface area (Å²) in [4.78, 5) is 0. The molecule has 0 heterocycles. The molecule has 144 valence electrons. The topological polar surface area (TPSA) is 50.7 Å². The van der Waals surface area contributed by atoms with Gasteiger partial charge >= 0.3 is 0 Å². The van der Waals surface area contributed by atoms with Gasteiger partial charge in [0.15, 0.2) is 11.5 Å². The third-order valence-electron chi connectivity index (χ3n) is 3.81. The molecule has 0 saturated heterocycles. The Morgan fingerprint density at radius 3 is 2.38 bits per heavy atom. The molecule has 0 atom stereocenters. The van der Waals surface area contributed by atoms with Crippen LogP contribution in [0.25, 0.3) is 0 Å². The smallest absolute Gasteiger partial charge is 0.166 e. The van der Waals surface area contributed by atoms with Crippen molar-refractivity contribution < 1.29 is 14.6 Å². The Balaban J connectivity index is 0.00000338. The molecule has 2 aromatic rings. The molecule has 0 aliphatic carbocycles. The fraction of sp³-hybridized carbons (Fsp3) is 0.400. The summed E-state index contributed by atoms with van der Waals surface area (Å²) >= 11 is 5.93. The highest BCUT2D eigenvalue weighted by Crippen LogP contribution is 2.32. The monoisotopic (exact) mass is 399 g/mol. The minimum absolute atomic E-state index is 0. The van der Waals surface area contributed by atoms with Gasteiger partial charge in [-0.05, 0) is 44.5 Å². The van der Waals surface area contributed by atoms with E-state index in [9.17, 15) is 5.11 Å². The van der Waals surface area contributed by atoms with Crippen molar-refractivity contribution in [1.82, 2.24) is 5.32 Å². The molecule has 0 unspecified atom stereocenters. The molecule has 0 aromatic heterocycles. The van der Waals surface area contributed by atoms with Crippen molar-refractivity contribution in [3.05, 3.63) is 58.6 Å². The van der Waals surface area contributed by atoms with E-state index in [0.717, 1.165) is 22.6 Å². The van der Waals surface area contributed by atoms with Crippen molar-refractivity contribution in [3.8, 4) is 11.5 Å². The van der Waals surface area contributed by atoms with Crippen LogP contribution in [0.5, 0.6) is 11.5 Å². The second-order valence-corrected chi connectivity index (χ2v) is 6.92. The van der Waals surface area contributed by atoms with Crippen molar-refractivity contribution in [3.63, 3.8) is 0 Å². The van der Waals surface area contributed by atoms with Crippen molar-refractivity contribution in [1.29, 1.82) is 0 Å². The van der Waals surface area contributed by atoms with Crippen LogP contribution >= 0.6 is 24.0 Å². The summed E-state index contributed by atoms with van der Waals surface area (Å²) in [5.41, 5.74) is 1.65.